The summed E-state index contributed by atoms with van der Waals surface area (Å²) < 4.78 is 13.3. The van der Waals surface area contributed by atoms with Gasteiger partial charge in [0.25, 0.3) is 0 Å². The lowest BCUT2D eigenvalue weighted by molar-refractivity contribution is 0.150. The lowest BCUT2D eigenvalue weighted by Gasteiger charge is -2.29. The van der Waals surface area contributed by atoms with Gasteiger partial charge >= 0.3 is 6.09 Å². The van der Waals surface area contributed by atoms with Crippen LogP contribution in [-0.4, -0.2) is 29.5 Å². The summed E-state index contributed by atoms with van der Waals surface area (Å²) in [7, 11) is 0. The Labute approximate surface area is 79.7 Å². The van der Waals surface area contributed by atoms with E-state index in [4.69, 9.17) is 10.6 Å². The Bertz CT molecular complexity index is 266. The monoisotopic (exact) mass is 202 g/mol. The maximum absolute atomic E-state index is 13.3. The van der Waals surface area contributed by atoms with Crippen molar-refractivity contribution in [3.63, 3.8) is 0 Å². The number of carboxylic acid groups (broad SMARTS) is 1. The second kappa shape index (κ2) is 4.66. The fourth-order valence-corrected chi connectivity index (χ4v) is 1.59. The van der Waals surface area contributed by atoms with E-state index >= 15 is 0 Å². The number of nitrogens with zero attached hydrogens (tertiary/aromatic N) is 3. The SMILES string of the molecule is [N-]=[N+]=N[C@H]1CC[C@H](NC(=O)O)[C@@H](F)C1. The number of carbonyl (C=O) groups is 1. The molecule has 0 heterocycles. The van der Waals surface area contributed by atoms with Crippen LogP contribution in [0.4, 0.5) is 9.18 Å². The van der Waals surface area contributed by atoms with E-state index in [0.717, 1.165) is 0 Å². The highest BCUT2D eigenvalue weighted by Crippen LogP contribution is 2.24. The predicted octanol–water partition coefficient (Wildman–Crippen LogP) is 1.82. The Balaban J connectivity index is 2.47. The number of alkyl halides is 1. The van der Waals surface area contributed by atoms with Crippen molar-refractivity contribution in [1.29, 1.82) is 0 Å². The molecule has 7 heteroatoms. The number of hydrogen-bond donors (Lipinski definition) is 2. The summed E-state index contributed by atoms with van der Waals surface area (Å²) >= 11 is 0. The highest BCUT2D eigenvalue weighted by atomic mass is 19.1. The molecule has 14 heavy (non-hydrogen) atoms. The van der Waals surface area contributed by atoms with Crippen LogP contribution < -0.4 is 5.32 Å². The lowest BCUT2D eigenvalue weighted by Crippen LogP contribution is -2.45. The molecule has 1 saturated carbocycles. The lowest BCUT2D eigenvalue weighted by atomic mass is 9.90. The van der Waals surface area contributed by atoms with Crippen LogP contribution >= 0.6 is 0 Å². The van der Waals surface area contributed by atoms with Crippen molar-refractivity contribution in [3.05, 3.63) is 10.4 Å². The molecule has 78 valence electrons. The van der Waals surface area contributed by atoms with Crippen LogP contribution in [0.15, 0.2) is 5.11 Å². The summed E-state index contributed by atoms with van der Waals surface area (Å²) in [6, 6.07) is -1.01. The van der Waals surface area contributed by atoms with E-state index in [1.54, 1.807) is 0 Å². The third kappa shape index (κ3) is 2.77. The molecule has 0 unspecified atom stereocenters. The van der Waals surface area contributed by atoms with E-state index in [1.807, 2.05) is 0 Å². The first kappa shape index (κ1) is 10.6. The van der Waals surface area contributed by atoms with Gasteiger partial charge in [0.05, 0.1) is 6.04 Å². The van der Waals surface area contributed by atoms with Crippen molar-refractivity contribution >= 4 is 6.09 Å². The van der Waals surface area contributed by atoms with Crippen molar-refractivity contribution in [2.45, 2.75) is 37.5 Å². The molecular formula is C7H11FN4O2. The normalized spacial score (nSPS) is 31.6. The van der Waals surface area contributed by atoms with Crippen molar-refractivity contribution in [1.82, 2.24) is 5.32 Å². The van der Waals surface area contributed by atoms with E-state index in [-0.39, 0.29) is 12.5 Å². The van der Waals surface area contributed by atoms with E-state index in [2.05, 4.69) is 15.3 Å². The fraction of sp³-hybridized carbons (Fsp3) is 0.857. The van der Waals surface area contributed by atoms with Crippen LogP contribution in [-0.2, 0) is 0 Å². The molecule has 0 bridgehead atoms. The number of hydrogen-bond acceptors (Lipinski definition) is 2. The zero-order chi connectivity index (χ0) is 10.6. The van der Waals surface area contributed by atoms with Gasteiger partial charge in [-0.05, 0) is 24.8 Å². The van der Waals surface area contributed by atoms with Crippen LogP contribution in [0.25, 0.3) is 10.4 Å². The molecule has 1 aliphatic carbocycles. The molecule has 1 rings (SSSR count). The standard InChI is InChI=1S/C7H11FN4O2/c8-5-3-4(11-12-9)1-2-6(5)10-7(13)14/h4-6,10H,1-3H2,(H,13,14)/t4-,5-,6-/m0/s1. The first-order valence-corrected chi connectivity index (χ1v) is 4.31. The Hall–Kier alpha value is -1.49. The van der Waals surface area contributed by atoms with E-state index < -0.39 is 18.3 Å². The van der Waals surface area contributed by atoms with Crippen LogP contribution in [0.2, 0.25) is 0 Å². The maximum atomic E-state index is 13.3. The molecule has 6 nitrogen and oxygen atoms in total. The number of azide groups is 1. The Morgan fingerprint density at radius 1 is 1.64 bits per heavy atom. The summed E-state index contributed by atoms with van der Waals surface area (Å²) in [6.07, 6.45) is -1.50. The molecule has 0 spiro atoms. The second-order valence-electron chi connectivity index (χ2n) is 3.24. The van der Waals surface area contributed by atoms with Gasteiger partial charge in [-0.2, -0.15) is 0 Å². The number of halogens is 1. The molecule has 2 N–H and O–H groups in total. The molecule has 0 aromatic carbocycles. The molecule has 0 aromatic heterocycles. The Morgan fingerprint density at radius 3 is 2.86 bits per heavy atom. The van der Waals surface area contributed by atoms with E-state index in [0.29, 0.717) is 12.8 Å². The highest BCUT2D eigenvalue weighted by molar-refractivity contribution is 5.64. The van der Waals surface area contributed by atoms with Crippen molar-refractivity contribution in [3.8, 4) is 0 Å². The van der Waals surface area contributed by atoms with Crippen LogP contribution in [0.5, 0.6) is 0 Å². The fourth-order valence-electron chi connectivity index (χ4n) is 1.59. The van der Waals surface area contributed by atoms with Gasteiger partial charge in [0.2, 0.25) is 0 Å². The highest BCUT2D eigenvalue weighted by Gasteiger charge is 2.30. The van der Waals surface area contributed by atoms with E-state index in [1.165, 1.54) is 0 Å². The quantitative estimate of drug-likeness (QED) is 0.405. The van der Waals surface area contributed by atoms with Crippen molar-refractivity contribution < 1.29 is 14.3 Å². The topological polar surface area (TPSA) is 98.1 Å². The predicted molar refractivity (Wildman–Crippen MR) is 46.6 cm³/mol. The summed E-state index contributed by atoms with van der Waals surface area (Å²) in [5, 5.41) is 13.9. The van der Waals surface area contributed by atoms with Gasteiger partial charge in [0.15, 0.2) is 0 Å². The van der Waals surface area contributed by atoms with Gasteiger partial charge in [-0.25, -0.2) is 9.18 Å². The number of rotatable bonds is 2. The second-order valence-corrected chi connectivity index (χ2v) is 3.24. The third-order valence-corrected chi connectivity index (χ3v) is 2.27. The van der Waals surface area contributed by atoms with Crippen LogP contribution in [0.1, 0.15) is 19.3 Å². The molecule has 3 atom stereocenters. The Morgan fingerprint density at radius 2 is 2.36 bits per heavy atom. The van der Waals surface area contributed by atoms with Gasteiger partial charge in [-0.1, -0.05) is 5.11 Å². The zero-order valence-electron chi connectivity index (χ0n) is 7.43. The zero-order valence-corrected chi connectivity index (χ0v) is 7.43. The molecule has 0 radical (unpaired) electrons. The summed E-state index contributed by atoms with van der Waals surface area (Å²) in [5.74, 6) is 0. The molecule has 0 aromatic rings. The molecule has 0 aliphatic heterocycles. The first-order chi connectivity index (χ1) is 6.63. The summed E-state index contributed by atoms with van der Waals surface area (Å²) in [5.41, 5.74) is 8.14. The van der Waals surface area contributed by atoms with Gasteiger partial charge in [-0.15, -0.1) is 0 Å². The molecule has 1 aliphatic rings. The minimum absolute atomic E-state index is 0.0923. The smallest absolute Gasteiger partial charge is 0.404 e. The molecular weight excluding hydrogens is 191 g/mol. The minimum atomic E-state index is -1.27. The molecule has 1 amide bonds. The van der Waals surface area contributed by atoms with Crippen molar-refractivity contribution in [2.24, 2.45) is 5.11 Å². The van der Waals surface area contributed by atoms with E-state index in [9.17, 15) is 9.18 Å². The molecule has 0 saturated heterocycles. The molecule has 1 fully saturated rings. The minimum Gasteiger partial charge on any atom is -0.465 e. The van der Waals surface area contributed by atoms with Gasteiger partial charge in [0.1, 0.15) is 6.17 Å². The first-order valence-electron chi connectivity index (χ1n) is 4.31. The largest absolute Gasteiger partial charge is 0.465 e. The average molecular weight is 202 g/mol. The Kier molecular flexibility index (Phi) is 3.53. The average Bonchev–Trinajstić information content (AvgIpc) is 2.10. The third-order valence-electron chi connectivity index (χ3n) is 2.27. The van der Waals surface area contributed by atoms with Crippen LogP contribution in [0.3, 0.4) is 0 Å². The van der Waals surface area contributed by atoms with Crippen molar-refractivity contribution in [2.75, 3.05) is 0 Å². The van der Waals surface area contributed by atoms with Crippen LogP contribution in [0, 0.1) is 0 Å². The van der Waals surface area contributed by atoms with Gasteiger partial charge in [0, 0.05) is 11.0 Å². The number of nitrogens with one attached hydrogen (secondary N) is 1. The number of amides is 1. The summed E-state index contributed by atoms with van der Waals surface area (Å²) in [6.45, 7) is 0. The van der Waals surface area contributed by atoms with Gasteiger partial charge < -0.3 is 10.4 Å². The summed E-state index contributed by atoms with van der Waals surface area (Å²) in [4.78, 5) is 12.9. The van der Waals surface area contributed by atoms with Gasteiger partial charge in [-0.3, -0.25) is 0 Å². The maximum Gasteiger partial charge on any atom is 0.404 e.